The maximum absolute atomic E-state index is 14.7. The number of hydrogen-bond acceptors (Lipinski definition) is 7. The quantitative estimate of drug-likeness (QED) is 0.490. The van der Waals surface area contributed by atoms with Gasteiger partial charge in [-0.15, -0.1) is 0 Å². The molecule has 1 atom stereocenters. The smallest absolute Gasteiger partial charge is 0.338 e. The van der Waals surface area contributed by atoms with Crippen LogP contribution in [0.4, 0.5) is 4.39 Å². The van der Waals surface area contributed by atoms with Crippen molar-refractivity contribution in [3.63, 3.8) is 0 Å². The Morgan fingerprint density at radius 3 is 2.42 bits per heavy atom. The molecule has 0 N–H and O–H groups in total. The number of ether oxygens (including phenoxy) is 1. The number of aromatic nitrogens is 3. The van der Waals surface area contributed by atoms with Gasteiger partial charge in [0.15, 0.2) is 10.4 Å². The zero-order valence-corrected chi connectivity index (χ0v) is 19.2. The normalized spacial score (nSPS) is 17.3. The fraction of sp³-hybridized carbons (Fsp3) is 0.421. The van der Waals surface area contributed by atoms with E-state index in [9.17, 15) is 18.8 Å². The van der Waals surface area contributed by atoms with Crippen LogP contribution in [0.25, 0.3) is 5.69 Å². The Labute approximate surface area is 187 Å². The highest BCUT2D eigenvalue weighted by atomic mass is 35.5. The molecule has 0 saturated carbocycles. The molecule has 1 aromatic heterocycles. The summed E-state index contributed by atoms with van der Waals surface area (Å²) in [5, 5.41) is 3.97. The summed E-state index contributed by atoms with van der Waals surface area (Å²) in [5.41, 5.74) is -2.21. The summed E-state index contributed by atoms with van der Waals surface area (Å²) >= 11 is 11.2. The van der Waals surface area contributed by atoms with E-state index < -0.39 is 22.8 Å². The Hall–Kier alpha value is -2.79. The molecule has 2 aromatic rings. The number of carbonyl (C=O) groups excluding carboxylic acids is 1. The second kappa shape index (κ2) is 9.56. The molecular formula is C19H22ClFN4O5S. The third-order valence-electron chi connectivity index (χ3n) is 4.49. The number of halogens is 2. The van der Waals surface area contributed by atoms with Crippen molar-refractivity contribution in [1.29, 1.82) is 0 Å². The zero-order chi connectivity index (χ0) is 23.5. The van der Waals surface area contributed by atoms with Gasteiger partial charge in [0.05, 0.1) is 16.4 Å². The number of nitrogens with zero attached hydrogens (tertiary/aromatic N) is 4. The Bertz CT molecular complexity index is 1180. The molecule has 0 saturated heterocycles. The SMILES string of the molecule is CC.Cn1c(=S)n(C)c(=O)n(-c2cc(C3=NOC(C)(COC=O)C3)c(Cl)cc2F)c1=O. The molecule has 9 nitrogen and oxygen atoms in total. The second-order valence-corrected chi connectivity index (χ2v) is 7.52. The number of carbonyl (C=O) groups is 1. The van der Waals surface area contributed by atoms with Gasteiger partial charge in [-0.25, -0.2) is 18.5 Å². The van der Waals surface area contributed by atoms with Gasteiger partial charge in [0.2, 0.25) is 0 Å². The van der Waals surface area contributed by atoms with Gasteiger partial charge < -0.3 is 9.57 Å². The molecule has 0 fully saturated rings. The van der Waals surface area contributed by atoms with E-state index in [0.717, 1.165) is 15.2 Å². The van der Waals surface area contributed by atoms with Gasteiger partial charge in [-0.1, -0.05) is 30.6 Å². The third kappa shape index (κ3) is 4.62. The first-order valence-electron chi connectivity index (χ1n) is 9.29. The van der Waals surface area contributed by atoms with Crippen molar-refractivity contribution in [3.05, 3.63) is 54.3 Å². The van der Waals surface area contributed by atoms with E-state index >= 15 is 0 Å². The molecule has 0 bridgehead atoms. The minimum absolute atomic E-state index is 0.00893. The summed E-state index contributed by atoms with van der Waals surface area (Å²) in [5.74, 6) is -0.873. The fourth-order valence-corrected chi connectivity index (χ4v) is 3.34. The molecule has 3 rings (SSSR count). The lowest BCUT2D eigenvalue weighted by Gasteiger charge is -2.19. The van der Waals surface area contributed by atoms with Gasteiger partial charge in [-0.2, -0.15) is 0 Å². The number of benzene rings is 1. The van der Waals surface area contributed by atoms with E-state index in [4.69, 9.17) is 33.4 Å². The van der Waals surface area contributed by atoms with Gasteiger partial charge >= 0.3 is 11.4 Å². The first kappa shape index (κ1) is 24.5. The Morgan fingerprint density at radius 1 is 1.29 bits per heavy atom. The highest BCUT2D eigenvalue weighted by molar-refractivity contribution is 7.71. The van der Waals surface area contributed by atoms with E-state index in [1.165, 1.54) is 20.2 Å². The van der Waals surface area contributed by atoms with Crippen LogP contribution in [0.5, 0.6) is 0 Å². The van der Waals surface area contributed by atoms with Gasteiger partial charge in [-0.3, -0.25) is 13.9 Å². The molecule has 0 amide bonds. The van der Waals surface area contributed by atoms with E-state index in [0.29, 0.717) is 16.8 Å². The first-order chi connectivity index (χ1) is 14.6. The average molecular weight is 473 g/mol. The van der Waals surface area contributed by atoms with Crippen molar-refractivity contribution in [3.8, 4) is 5.69 Å². The average Bonchev–Trinajstić information content (AvgIpc) is 3.14. The largest absolute Gasteiger partial charge is 0.464 e. The lowest BCUT2D eigenvalue weighted by Crippen LogP contribution is -2.43. The van der Waals surface area contributed by atoms with Crippen LogP contribution in [-0.4, -0.2) is 38.1 Å². The Morgan fingerprint density at radius 2 is 1.87 bits per heavy atom. The van der Waals surface area contributed by atoms with Gasteiger partial charge in [0.25, 0.3) is 6.47 Å². The van der Waals surface area contributed by atoms with E-state index in [1.807, 2.05) is 13.8 Å². The second-order valence-electron chi connectivity index (χ2n) is 6.75. The summed E-state index contributed by atoms with van der Waals surface area (Å²) in [6.45, 7) is 5.92. The van der Waals surface area contributed by atoms with Crippen molar-refractivity contribution in [2.45, 2.75) is 32.8 Å². The third-order valence-corrected chi connectivity index (χ3v) is 5.35. The molecule has 1 aliphatic rings. The summed E-state index contributed by atoms with van der Waals surface area (Å²) in [7, 11) is 2.76. The van der Waals surface area contributed by atoms with Crippen molar-refractivity contribution >= 4 is 36.0 Å². The molecule has 2 heterocycles. The minimum atomic E-state index is -0.919. The van der Waals surface area contributed by atoms with E-state index in [-0.39, 0.29) is 34.1 Å². The standard InChI is InChI=1S/C17H16ClFN4O5S.C2H6/c1-17(7-27-8-24)6-12(20-28-17)9-4-13(11(19)5-10(9)18)23-14(25)21(2)16(29)22(3)15(23)26;1-2/h4-5,8H,6-7H2,1-3H3;1-2H3. The van der Waals surface area contributed by atoms with Crippen LogP contribution in [0.2, 0.25) is 5.02 Å². The number of hydrogen-bond donors (Lipinski definition) is 0. The first-order valence-corrected chi connectivity index (χ1v) is 10.1. The minimum Gasteiger partial charge on any atom is -0.464 e. The Balaban J connectivity index is 0.00000166. The fourth-order valence-electron chi connectivity index (χ4n) is 2.92. The molecule has 0 spiro atoms. The Kier molecular flexibility index (Phi) is 7.55. The van der Waals surface area contributed by atoms with Crippen molar-refractivity contribution in [1.82, 2.24) is 13.7 Å². The summed E-state index contributed by atoms with van der Waals surface area (Å²) in [6.07, 6.45) is 0.206. The topological polar surface area (TPSA) is 96.8 Å². The lowest BCUT2D eigenvalue weighted by atomic mass is 9.96. The van der Waals surface area contributed by atoms with Crippen LogP contribution in [0.1, 0.15) is 32.8 Å². The monoisotopic (exact) mass is 472 g/mol. The van der Waals surface area contributed by atoms with Crippen molar-refractivity contribution < 1.29 is 18.8 Å². The van der Waals surface area contributed by atoms with Crippen LogP contribution >= 0.6 is 23.8 Å². The maximum atomic E-state index is 14.7. The predicted molar refractivity (Wildman–Crippen MR) is 116 cm³/mol. The molecule has 0 radical (unpaired) electrons. The van der Waals surface area contributed by atoms with Crippen LogP contribution < -0.4 is 11.4 Å². The molecule has 0 aliphatic carbocycles. The van der Waals surface area contributed by atoms with Crippen LogP contribution in [0.15, 0.2) is 26.9 Å². The van der Waals surface area contributed by atoms with Gasteiger partial charge in [0, 0.05) is 26.1 Å². The van der Waals surface area contributed by atoms with E-state index in [1.54, 1.807) is 6.92 Å². The van der Waals surface area contributed by atoms with Crippen LogP contribution in [-0.2, 0) is 28.5 Å². The maximum Gasteiger partial charge on any atom is 0.338 e. The summed E-state index contributed by atoms with van der Waals surface area (Å²) < 4.78 is 22.2. The van der Waals surface area contributed by atoms with Crippen LogP contribution in [0.3, 0.4) is 0 Å². The van der Waals surface area contributed by atoms with Crippen LogP contribution in [0, 0.1) is 10.6 Å². The van der Waals surface area contributed by atoms with Crippen molar-refractivity contribution in [2.24, 2.45) is 19.3 Å². The molecule has 12 heteroatoms. The molecular weight excluding hydrogens is 451 g/mol. The lowest BCUT2D eigenvalue weighted by molar-refractivity contribution is -0.137. The van der Waals surface area contributed by atoms with Crippen molar-refractivity contribution in [2.75, 3.05) is 6.61 Å². The predicted octanol–water partition coefficient (Wildman–Crippen LogP) is 2.48. The summed E-state index contributed by atoms with van der Waals surface area (Å²) in [6, 6.07) is 2.23. The highest BCUT2D eigenvalue weighted by Crippen LogP contribution is 2.31. The van der Waals surface area contributed by atoms with Gasteiger partial charge in [-0.05, 0) is 31.3 Å². The molecule has 31 heavy (non-hydrogen) atoms. The summed E-state index contributed by atoms with van der Waals surface area (Å²) in [4.78, 5) is 41.0. The molecule has 168 valence electrons. The number of oxime groups is 1. The molecule has 1 aromatic carbocycles. The number of rotatable bonds is 5. The zero-order valence-electron chi connectivity index (χ0n) is 17.6. The van der Waals surface area contributed by atoms with E-state index in [2.05, 4.69) is 5.16 Å². The van der Waals surface area contributed by atoms with Gasteiger partial charge in [0.1, 0.15) is 12.4 Å². The molecule has 1 unspecified atom stereocenters. The molecule has 1 aliphatic heterocycles. The highest BCUT2D eigenvalue weighted by Gasteiger charge is 2.36.